The maximum Gasteiger partial charge on any atom is 0.408 e. The average Bonchev–Trinajstić information content (AvgIpc) is 2.49. The average molecular weight is 306 g/mol. The Balaban J connectivity index is 2.50. The zero-order chi connectivity index (χ0) is 16.5. The number of amides is 2. The van der Waals surface area contributed by atoms with E-state index in [0.29, 0.717) is 0 Å². The van der Waals surface area contributed by atoms with Gasteiger partial charge in [-0.3, -0.25) is 4.79 Å². The van der Waals surface area contributed by atoms with Crippen LogP contribution < -0.4 is 15.7 Å². The van der Waals surface area contributed by atoms with Gasteiger partial charge in [0.05, 0.1) is 0 Å². The van der Waals surface area contributed by atoms with Crippen LogP contribution in [0.5, 0.6) is 0 Å². The van der Waals surface area contributed by atoms with Crippen LogP contribution in [-0.2, 0) is 16.1 Å². The predicted octanol–water partition coefficient (Wildman–Crippen LogP) is 0.391. The molecule has 0 aliphatic heterocycles. The first-order chi connectivity index (χ1) is 10.4. The lowest BCUT2D eigenvalue weighted by Crippen LogP contribution is -2.51. The molecule has 0 bridgehead atoms. The smallest absolute Gasteiger partial charge is 0.408 e. The first-order valence-corrected chi connectivity index (χ1v) is 6.89. The van der Waals surface area contributed by atoms with Crippen molar-refractivity contribution in [2.45, 2.75) is 26.5 Å². The number of alkyl carbamates (subject to hydrolysis) is 1. The van der Waals surface area contributed by atoms with Crippen molar-refractivity contribution in [1.29, 1.82) is 5.41 Å². The normalized spacial score (nSPS) is 11.6. The second kappa shape index (κ2) is 8.66. The first kappa shape index (κ1) is 17.5. The highest BCUT2D eigenvalue weighted by Crippen LogP contribution is 2.04. The molecule has 0 aromatic heterocycles. The van der Waals surface area contributed by atoms with E-state index >= 15 is 0 Å². The molecule has 0 radical (unpaired) electrons. The molecule has 0 heterocycles. The highest BCUT2D eigenvalue weighted by Gasteiger charge is 2.24. The van der Waals surface area contributed by atoms with Gasteiger partial charge < -0.3 is 25.9 Å². The molecule has 1 rings (SSSR count). The van der Waals surface area contributed by atoms with Gasteiger partial charge >= 0.3 is 6.09 Å². The van der Waals surface area contributed by atoms with Crippen LogP contribution in [0.4, 0.5) is 4.79 Å². The van der Waals surface area contributed by atoms with Crippen LogP contribution in [0.15, 0.2) is 30.3 Å². The van der Waals surface area contributed by atoms with E-state index in [1.807, 2.05) is 30.3 Å². The Kier molecular flexibility index (Phi) is 6.88. The lowest BCUT2D eigenvalue weighted by Gasteiger charge is -2.22. The standard InChI is InChI=1S/C15H21N3O4/c1-10(2)13(14(20)17-8-12(16)19)18-15(21)22-9-11-6-4-3-5-7-11/h3-7,10,13H,8-9H2,1-2H3,(H2,16,19)(H,17,20)(H,18,21)/p-1/t13-/m0/s1. The molecule has 0 aliphatic rings. The van der Waals surface area contributed by atoms with E-state index in [-0.39, 0.29) is 19.1 Å². The van der Waals surface area contributed by atoms with E-state index in [0.717, 1.165) is 5.56 Å². The lowest BCUT2D eigenvalue weighted by atomic mass is 10.0. The molecular formula is C15H20N3O4-. The maximum atomic E-state index is 11.9. The summed E-state index contributed by atoms with van der Waals surface area (Å²) in [6.07, 6.45) is -0.713. The Labute approximate surface area is 129 Å². The number of carbonyl (C=O) groups excluding carboxylic acids is 2. The number of benzene rings is 1. The Hall–Kier alpha value is -2.57. The van der Waals surface area contributed by atoms with Gasteiger partial charge in [0.15, 0.2) is 0 Å². The fourth-order valence-electron chi connectivity index (χ4n) is 1.70. The molecule has 1 aromatic rings. The van der Waals surface area contributed by atoms with Gasteiger partial charge in [-0.05, 0) is 17.4 Å². The van der Waals surface area contributed by atoms with E-state index in [1.165, 1.54) is 0 Å². The van der Waals surface area contributed by atoms with Crippen LogP contribution >= 0.6 is 0 Å². The topological polar surface area (TPSA) is 114 Å². The molecule has 120 valence electrons. The third-order valence-electron chi connectivity index (χ3n) is 2.86. The quantitative estimate of drug-likeness (QED) is 0.499. The number of rotatable bonds is 7. The second-order valence-electron chi connectivity index (χ2n) is 5.07. The van der Waals surface area contributed by atoms with Crippen molar-refractivity contribution in [3.63, 3.8) is 0 Å². The molecule has 3 N–H and O–H groups in total. The van der Waals surface area contributed by atoms with E-state index in [2.05, 4.69) is 10.6 Å². The van der Waals surface area contributed by atoms with Gasteiger partial charge in [-0.1, -0.05) is 44.2 Å². The summed E-state index contributed by atoms with van der Waals surface area (Å²) in [5.74, 6) is -1.61. The summed E-state index contributed by atoms with van der Waals surface area (Å²) in [5.41, 5.74) is 0.836. The van der Waals surface area contributed by atoms with Crippen LogP contribution in [0.2, 0.25) is 0 Å². The van der Waals surface area contributed by atoms with Crippen molar-refractivity contribution in [3.8, 4) is 0 Å². The summed E-state index contributed by atoms with van der Waals surface area (Å²) >= 11 is 0. The Morgan fingerprint density at radius 3 is 2.45 bits per heavy atom. The molecule has 0 fully saturated rings. The van der Waals surface area contributed by atoms with Gasteiger partial charge in [0, 0.05) is 6.54 Å². The van der Waals surface area contributed by atoms with Crippen LogP contribution in [-0.4, -0.2) is 30.5 Å². The van der Waals surface area contributed by atoms with Gasteiger partial charge in [0.2, 0.25) is 5.91 Å². The molecule has 1 atom stereocenters. The fourth-order valence-corrected chi connectivity index (χ4v) is 1.70. The van der Waals surface area contributed by atoms with E-state index in [4.69, 9.17) is 10.1 Å². The van der Waals surface area contributed by atoms with E-state index < -0.39 is 23.9 Å². The highest BCUT2D eigenvalue weighted by atomic mass is 16.5. The minimum Gasteiger partial charge on any atom is -0.861 e. The third kappa shape index (κ3) is 6.25. The summed E-state index contributed by atoms with van der Waals surface area (Å²) in [5, 5.41) is 22.1. The van der Waals surface area contributed by atoms with Crippen molar-refractivity contribution in [1.82, 2.24) is 10.6 Å². The van der Waals surface area contributed by atoms with Crippen molar-refractivity contribution in [2.75, 3.05) is 6.54 Å². The van der Waals surface area contributed by atoms with E-state index in [9.17, 15) is 14.7 Å². The SMILES string of the molecule is CC(C)[C@H](NC(=O)OCc1ccccc1)C(=O)NCC(=N)[O-]. The zero-order valence-corrected chi connectivity index (χ0v) is 12.6. The van der Waals surface area contributed by atoms with Crippen LogP contribution in [0.1, 0.15) is 19.4 Å². The highest BCUT2D eigenvalue weighted by molar-refractivity contribution is 5.88. The number of ether oxygens (including phenoxy) is 1. The van der Waals surface area contributed by atoms with Crippen LogP contribution in [0, 0.1) is 11.3 Å². The molecule has 0 saturated carbocycles. The van der Waals surface area contributed by atoms with Crippen LogP contribution in [0.25, 0.3) is 0 Å². The molecule has 7 nitrogen and oxygen atoms in total. The van der Waals surface area contributed by atoms with Gasteiger partial charge in [0.25, 0.3) is 0 Å². The van der Waals surface area contributed by atoms with Gasteiger partial charge in [-0.25, -0.2) is 4.79 Å². The van der Waals surface area contributed by atoms with Crippen molar-refractivity contribution >= 4 is 17.9 Å². The van der Waals surface area contributed by atoms with Gasteiger partial charge in [-0.15, -0.1) is 0 Å². The third-order valence-corrected chi connectivity index (χ3v) is 2.86. The molecule has 1 aromatic carbocycles. The summed E-state index contributed by atoms with van der Waals surface area (Å²) < 4.78 is 5.05. The summed E-state index contributed by atoms with van der Waals surface area (Å²) in [4.78, 5) is 23.6. The monoisotopic (exact) mass is 306 g/mol. The number of carbonyl (C=O) groups is 2. The lowest BCUT2D eigenvalue weighted by molar-refractivity contribution is -0.219. The van der Waals surface area contributed by atoms with Crippen molar-refractivity contribution < 1.29 is 19.4 Å². The number of nitrogens with one attached hydrogen (secondary N) is 3. The van der Waals surface area contributed by atoms with E-state index in [1.54, 1.807) is 13.8 Å². The van der Waals surface area contributed by atoms with Crippen molar-refractivity contribution in [3.05, 3.63) is 35.9 Å². The summed E-state index contributed by atoms with van der Waals surface area (Å²) in [6.45, 7) is 3.22. The molecule has 7 heteroatoms. The maximum absolute atomic E-state index is 11.9. The minimum absolute atomic E-state index is 0.102. The van der Waals surface area contributed by atoms with Gasteiger partial charge in [0.1, 0.15) is 12.6 Å². The van der Waals surface area contributed by atoms with Gasteiger partial charge in [-0.2, -0.15) is 0 Å². The Morgan fingerprint density at radius 2 is 1.91 bits per heavy atom. The predicted molar refractivity (Wildman–Crippen MR) is 79.1 cm³/mol. The Bertz CT molecular complexity index is 517. The Morgan fingerprint density at radius 1 is 1.27 bits per heavy atom. The first-order valence-electron chi connectivity index (χ1n) is 6.89. The van der Waals surface area contributed by atoms with Crippen molar-refractivity contribution in [2.24, 2.45) is 5.92 Å². The molecular weight excluding hydrogens is 286 g/mol. The minimum atomic E-state index is -0.900. The molecule has 0 spiro atoms. The second-order valence-corrected chi connectivity index (χ2v) is 5.07. The summed E-state index contributed by atoms with van der Waals surface area (Å²) in [7, 11) is 0. The molecule has 0 unspecified atom stereocenters. The largest absolute Gasteiger partial charge is 0.861 e. The zero-order valence-electron chi connectivity index (χ0n) is 12.6. The number of hydrogen-bond donors (Lipinski definition) is 3. The molecule has 0 aliphatic carbocycles. The summed E-state index contributed by atoms with van der Waals surface area (Å²) in [6, 6.07) is 8.33. The molecule has 22 heavy (non-hydrogen) atoms. The van der Waals surface area contributed by atoms with Crippen LogP contribution in [0.3, 0.4) is 0 Å². The molecule has 2 amide bonds. The fraction of sp³-hybridized carbons (Fsp3) is 0.400. The molecule has 0 saturated heterocycles. The number of hydrogen-bond acceptors (Lipinski definition) is 5.